The lowest BCUT2D eigenvalue weighted by Crippen LogP contribution is -2.69. The number of esters is 2. The first kappa shape index (κ1) is 28.9. The van der Waals surface area contributed by atoms with E-state index in [0.717, 1.165) is 0 Å². The predicted molar refractivity (Wildman–Crippen MR) is 138 cm³/mol. The van der Waals surface area contributed by atoms with E-state index in [0.29, 0.717) is 24.8 Å². The maximum atomic E-state index is 15.0. The maximum absolute atomic E-state index is 15.0. The molecule has 9 heteroatoms. The Morgan fingerprint density at radius 2 is 1.87 bits per heavy atom. The monoisotopic (exact) mass is 552 g/mol. The number of hydrogen-bond donors (Lipinski definition) is 1. The van der Waals surface area contributed by atoms with E-state index in [-0.39, 0.29) is 37.5 Å². The molecule has 3 fully saturated rings. The van der Waals surface area contributed by atoms with Crippen molar-refractivity contribution in [1.29, 1.82) is 0 Å². The number of hydrogen-bond acceptors (Lipinski definition) is 7. The number of ketones is 2. The molecule has 0 bridgehead atoms. The largest absolute Gasteiger partial charge is 0.457 e. The van der Waals surface area contributed by atoms with Crippen LogP contribution in [0.1, 0.15) is 79.6 Å². The van der Waals surface area contributed by atoms with E-state index in [2.05, 4.69) is 0 Å². The van der Waals surface area contributed by atoms with E-state index >= 15 is 4.39 Å². The molecule has 4 aliphatic carbocycles. The summed E-state index contributed by atoms with van der Waals surface area (Å²) in [6.07, 6.45) is 3.57. The normalized spacial score (nSPS) is 41.7. The molecule has 0 saturated heterocycles. The Morgan fingerprint density at radius 3 is 2.50 bits per heavy atom. The van der Waals surface area contributed by atoms with Crippen molar-refractivity contribution in [3.63, 3.8) is 0 Å². The van der Waals surface area contributed by atoms with Gasteiger partial charge < -0.3 is 14.6 Å². The van der Waals surface area contributed by atoms with Crippen LogP contribution in [0.3, 0.4) is 0 Å². The Balaban J connectivity index is 1.79. The SMILES string of the molecule is CCCC(=O)OCC(=O)[C@@]1(OC(=O)CC)C(C)C[C@H]2[C@@H]3CCC4=C(F)C(=O)C=C[C@]4(C)[C@@]3(Cl)C(O)C[C@@]21C. The van der Waals surface area contributed by atoms with Crippen LogP contribution in [0.2, 0.25) is 0 Å². The Hall–Kier alpha value is -2.06. The van der Waals surface area contributed by atoms with Crippen LogP contribution in [0.5, 0.6) is 0 Å². The fourth-order valence-electron chi connectivity index (χ4n) is 8.26. The van der Waals surface area contributed by atoms with Gasteiger partial charge in [-0.3, -0.25) is 19.2 Å². The van der Waals surface area contributed by atoms with Crippen LogP contribution in [0.4, 0.5) is 4.39 Å². The molecule has 3 saturated carbocycles. The van der Waals surface area contributed by atoms with Crippen molar-refractivity contribution in [3.8, 4) is 0 Å². The molecule has 7 nitrogen and oxygen atoms in total. The minimum atomic E-state index is -1.63. The van der Waals surface area contributed by atoms with Gasteiger partial charge in [-0.05, 0) is 55.6 Å². The van der Waals surface area contributed by atoms with Crippen molar-refractivity contribution < 1.29 is 38.1 Å². The lowest BCUT2D eigenvalue weighted by atomic mass is 9.45. The molecule has 0 aromatic carbocycles. The predicted octanol–water partition coefficient (Wildman–Crippen LogP) is 4.77. The van der Waals surface area contributed by atoms with E-state index in [1.165, 1.54) is 6.08 Å². The van der Waals surface area contributed by atoms with Crippen LogP contribution in [0.25, 0.3) is 0 Å². The lowest BCUT2D eigenvalue weighted by molar-refractivity contribution is -0.203. The molecule has 0 aromatic heterocycles. The van der Waals surface area contributed by atoms with Gasteiger partial charge in [-0.15, -0.1) is 11.6 Å². The van der Waals surface area contributed by atoms with Gasteiger partial charge in [0.2, 0.25) is 11.6 Å². The molecule has 0 aromatic rings. The number of Topliss-reactive ketones (excluding diaryl/α,β-unsaturated/α-hetero) is 1. The van der Waals surface area contributed by atoms with Gasteiger partial charge in [-0.1, -0.05) is 40.7 Å². The maximum Gasteiger partial charge on any atom is 0.306 e. The van der Waals surface area contributed by atoms with Gasteiger partial charge in [0, 0.05) is 29.6 Å². The molecule has 0 radical (unpaired) electrons. The molecule has 0 aliphatic heterocycles. The van der Waals surface area contributed by atoms with E-state index in [1.54, 1.807) is 19.9 Å². The molecule has 0 amide bonds. The Kier molecular flexibility index (Phi) is 7.50. The number of rotatable bonds is 7. The number of fused-ring (bicyclic) bond motifs is 5. The van der Waals surface area contributed by atoms with Crippen LogP contribution in [-0.2, 0) is 28.7 Å². The van der Waals surface area contributed by atoms with Crippen LogP contribution in [-0.4, -0.2) is 51.8 Å². The summed E-state index contributed by atoms with van der Waals surface area (Å²) in [5, 5.41) is 11.8. The Labute approximate surface area is 228 Å². The zero-order valence-corrected chi connectivity index (χ0v) is 23.5. The number of allylic oxidation sites excluding steroid dienone is 4. The van der Waals surface area contributed by atoms with Gasteiger partial charge in [-0.2, -0.15) is 0 Å². The van der Waals surface area contributed by atoms with Crippen LogP contribution >= 0.6 is 11.6 Å². The van der Waals surface area contributed by atoms with E-state index in [1.807, 2.05) is 20.8 Å². The molecule has 0 spiro atoms. The second kappa shape index (κ2) is 9.84. The summed E-state index contributed by atoms with van der Waals surface area (Å²) >= 11 is 7.40. The van der Waals surface area contributed by atoms with Crippen LogP contribution < -0.4 is 0 Å². The number of carbonyl (C=O) groups is 4. The van der Waals surface area contributed by atoms with Gasteiger partial charge in [0.25, 0.3) is 0 Å². The number of ether oxygens (including phenoxy) is 2. The first-order valence-electron chi connectivity index (χ1n) is 13.6. The first-order chi connectivity index (χ1) is 17.7. The third-order valence-corrected chi connectivity index (χ3v) is 11.0. The van der Waals surface area contributed by atoms with Crippen molar-refractivity contribution in [2.24, 2.45) is 28.6 Å². The molecular formula is C29H38ClFO7. The van der Waals surface area contributed by atoms with Crippen molar-refractivity contribution in [2.75, 3.05) is 6.61 Å². The zero-order valence-electron chi connectivity index (χ0n) is 22.8. The molecule has 210 valence electrons. The molecular weight excluding hydrogens is 515 g/mol. The minimum Gasteiger partial charge on any atom is -0.457 e. The van der Waals surface area contributed by atoms with E-state index in [9.17, 15) is 24.3 Å². The van der Waals surface area contributed by atoms with E-state index < -0.39 is 69.3 Å². The molecule has 0 heterocycles. The van der Waals surface area contributed by atoms with Crippen molar-refractivity contribution in [3.05, 3.63) is 23.6 Å². The quantitative estimate of drug-likeness (QED) is 0.358. The van der Waals surface area contributed by atoms with Crippen molar-refractivity contribution >= 4 is 35.1 Å². The molecule has 8 atom stereocenters. The van der Waals surface area contributed by atoms with Crippen molar-refractivity contribution in [2.45, 2.75) is 96.1 Å². The molecule has 38 heavy (non-hydrogen) atoms. The third-order valence-electron chi connectivity index (χ3n) is 10.1. The highest BCUT2D eigenvalue weighted by molar-refractivity contribution is 6.26. The highest BCUT2D eigenvalue weighted by atomic mass is 35.5. The average molecular weight is 553 g/mol. The van der Waals surface area contributed by atoms with Gasteiger partial charge in [0.15, 0.2) is 18.0 Å². The number of aliphatic hydroxyl groups excluding tert-OH is 1. The molecule has 1 N–H and O–H groups in total. The second-order valence-electron chi connectivity index (χ2n) is 11.9. The summed E-state index contributed by atoms with van der Waals surface area (Å²) in [4.78, 5) is 49.6. The number of aliphatic hydroxyl groups is 1. The van der Waals surface area contributed by atoms with Crippen molar-refractivity contribution in [1.82, 2.24) is 0 Å². The molecule has 4 aliphatic rings. The summed E-state index contributed by atoms with van der Waals surface area (Å²) in [5.41, 5.74) is -3.45. The lowest BCUT2D eigenvalue weighted by Gasteiger charge is -2.64. The smallest absolute Gasteiger partial charge is 0.306 e. The number of carbonyl (C=O) groups excluding carboxylic acids is 4. The standard InChI is InChI=1S/C29H38ClFO7/c1-6-8-24(36)37-15-22(34)29(38-23(35)7-2)16(3)13-19-17-9-10-18-25(31)20(32)11-12-26(18,4)28(17,30)21(33)14-27(19,29)5/h11-12,16-17,19,21,33H,6-10,13-15H2,1-5H3/t16?,17-,19-,21?,26-,27-,28-,29-/m0/s1. The van der Waals surface area contributed by atoms with Gasteiger partial charge in [0.05, 0.1) is 11.0 Å². The molecule has 2 unspecified atom stereocenters. The summed E-state index contributed by atoms with van der Waals surface area (Å²) in [6.45, 7) is 8.39. The zero-order chi connectivity index (χ0) is 28.3. The minimum absolute atomic E-state index is 0.0138. The van der Waals surface area contributed by atoms with Gasteiger partial charge in [0.1, 0.15) is 0 Å². The van der Waals surface area contributed by atoms with E-state index in [4.69, 9.17) is 21.1 Å². The fraction of sp³-hybridized carbons (Fsp3) is 0.724. The fourth-order valence-corrected chi connectivity index (χ4v) is 8.77. The summed E-state index contributed by atoms with van der Waals surface area (Å²) in [7, 11) is 0. The Morgan fingerprint density at radius 1 is 1.18 bits per heavy atom. The highest BCUT2D eigenvalue weighted by Crippen LogP contribution is 2.72. The highest BCUT2D eigenvalue weighted by Gasteiger charge is 2.76. The summed E-state index contributed by atoms with van der Waals surface area (Å²) < 4.78 is 26.4. The second-order valence-corrected chi connectivity index (χ2v) is 12.5. The first-order valence-corrected chi connectivity index (χ1v) is 14.0. The molecule has 4 rings (SSSR count). The average Bonchev–Trinajstić information content (AvgIpc) is 3.08. The summed E-state index contributed by atoms with van der Waals surface area (Å²) in [6, 6.07) is 0. The number of alkyl halides is 1. The topological polar surface area (TPSA) is 107 Å². The third kappa shape index (κ3) is 3.76. The number of halogens is 2. The van der Waals surface area contributed by atoms with Crippen LogP contribution in [0, 0.1) is 28.6 Å². The van der Waals surface area contributed by atoms with Gasteiger partial charge in [-0.25, -0.2) is 4.39 Å². The van der Waals surface area contributed by atoms with Crippen LogP contribution in [0.15, 0.2) is 23.6 Å². The summed E-state index contributed by atoms with van der Waals surface area (Å²) in [5.74, 6) is -4.15. The van der Waals surface area contributed by atoms with Gasteiger partial charge >= 0.3 is 11.9 Å². The Bertz CT molecular complexity index is 1120.